The Morgan fingerprint density at radius 1 is 0.848 bits per heavy atom. The maximum absolute atomic E-state index is 8.27. The van der Waals surface area contributed by atoms with Gasteiger partial charge in [0.1, 0.15) is 5.82 Å². The van der Waals surface area contributed by atoms with E-state index >= 15 is 0 Å². The molecule has 232 valence electrons. The number of benzene rings is 4. The van der Waals surface area contributed by atoms with Crippen molar-refractivity contribution >= 4 is 21.8 Å². The summed E-state index contributed by atoms with van der Waals surface area (Å²) in [5.74, 6) is 2.17. The van der Waals surface area contributed by atoms with Gasteiger partial charge in [-0.1, -0.05) is 81.7 Å². The summed E-state index contributed by atoms with van der Waals surface area (Å²) >= 11 is 0. The summed E-state index contributed by atoms with van der Waals surface area (Å²) in [6.07, 6.45) is 1.67. The SMILES string of the molecule is [2H]c1ccnc(-n2c3[c-]c(Oc4[c-]c(-n5nc(C)c(-c6ccccc6)c5C)ccc4)ccc3c3cc(C(C)C(C)(C)C)ccc32)c1.[Pt+2]. The summed E-state index contributed by atoms with van der Waals surface area (Å²) in [4.78, 5) is 4.64. The smallest absolute Gasteiger partial charge is 0.509 e. The molecule has 6 heteroatoms. The molecule has 7 rings (SSSR count). The molecule has 0 radical (unpaired) electrons. The molecule has 0 bridgehead atoms. The van der Waals surface area contributed by atoms with Gasteiger partial charge in [-0.25, -0.2) is 4.98 Å². The topological polar surface area (TPSA) is 44.9 Å². The molecule has 1 unspecified atom stereocenters. The molecule has 4 aromatic carbocycles. The fourth-order valence-corrected chi connectivity index (χ4v) is 6.09. The minimum absolute atomic E-state index is 0. The number of fused-ring (bicyclic) bond motifs is 3. The Hall–Kier alpha value is -4.47. The molecule has 0 saturated carbocycles. The van der Waals surface area contributed by atoms with Crippen LogP contribution in [0.15, 0.2) is 103 Å². The number of hydrogen-bond acceptors (Lipinski definition) is 3. The van der Waals surface area contributed by atoms with E-state index in [1.807, 2.05) is 54.1 Å². The van der Waals surface area contributed by atoms with Crippen molar-refractivity contribution in [3.05, 3.63) is 132 Å². The second-order valence-electron chi connectivity index (χ2n) is 12.7. The molecular formula is C40H36N4OPt. The second-order valence-corrected chi connectivity index (χ2v) is 12.7. The Labute approximate surface area is 286 Å². The third-order valence-corrected chi connectivity index (χ3v) is 8.85. The first-order valence-electron chi connectivity index (χ1n) is 15.8. The largest absolute Gasteiger partial charge is 2.00 e. The van der Waals surface area contributed by atoms with Crippen molar-refractivity contribution in [2.45, 2.75) is 47.5 Å². The summed E-state index contributed by atoms with van der Waals surface area (Å²) in [5, 5.41) is 7.03. The van der Waals surface area contributed by atoms with Gasteiger partial charge in [-0.15, -0.1) is 35.7 Å². The Morgan fingerprint density at radius 2 is 1.63 bits per heavy atom. The fourth-order valence-electron chi connectivity index (χ4n) is 6.09. The van der Waals surface area contributed by atoms with E-state index in [1.54, 1.807) is 18.3 Å². The molecule has 3 heterocycles. The van der Waals surface area contributed by atoms with E-state index in [4.69, 9.17) is 11.2 Å². The molecule has 46 heavy (non-hydrogen) atoms. The third kappa shape index (κ3) is 5.69. The van der Waals surface area contributed by atoms with E-state index in [9.17, 15) is 0 Å². The minimum atomic E-state index is 0. The second kappa shape index (κ2) is 12.4. The Morgan fingerprint density at radius 3 is 2.39 bits per heavy atom. The van der Waals surface area contributed by atoms with Crippen molar-refractivity contribution in [2.24, 2.45) is 5.41 Å². The number of rotatable bonds is 6. The first-order chi connectivity index (χ1) is 22.1. The van der Waals surface area contributed by atoms with Gasteiger partial charge in [0.2, 0.25) is 0 Å². The molecule has 0 aliphatic carbocycles. The zero-order valence-electron chi connectivity index (χ0n) is 27.8. The van der Waals surface area contributed by atoms with E-state index in [2.05, 4.69) is 92.7 Å². The van der Waals surface area contributed by atoms with Crippen LogP contribution < -0.4 is 4.74 Å². The average Bonchev–Trinajstić information content (AvgIpc) is 3.52. The van der Waals surface area contributed by atoms with Crippen molar-refractivity contribution in [3.8, 4) is 34.1 Å². The monoisotopic (exact) mass is 784 g/mol. The molecule has 0 amide bonds. The number of hydrogen-bond donors (Lipinski definition) is 0. The predicted molar refractivity (Wildman–Crippen MR) is 183 cm³/mol. The van der Waals surface area contributed by atoms with Crippen LogP contribution in [0.1, 0.15) is 51.9 Å². The van der Waals surface area contributed by atoms with Crippen molar-refractivity contribution < 1.29 is 27.2 Å². The molecule has 0 N–H and O–H groups in total. The van der Waals surface area contributed by atoms with Crippen molar-refractivity contribution in [3.63, 3.8) is 0 Å². The van der Waals surface area contributed by atoms with Crippen LogP contribution in [-0.4, -0.2) is 19.3 Å². The molecule has 5 nitrogen and oxygen atoms in total. The zero-order chi connectivity index (χ0) is 32.2. The van der Waals surface area contributed by atoms with Gasteiger partial charge in [0.15, 0.2) is 0 Å². The number of aryl methyl sites for hydroxylation is 1. The van der Waals surface area contributed by atoms with E-state index < -0.39 is 0 Å². The Balaban J connectivity index is 0.00000386. The third-order valence-electron chi connectivity index (χ3n) is 8.85. The van der Waals surface area contributed by atoms with E-state index in [-0.39, 0.29) is 26.5 Å². The van der Waals surface area contributed by atoms with Crippen LogP contribution in [0.3, 0.4) is 0 Å². The predicted octanol–water partition coefficient (Wildman–Crippen LogP) is 10.2. The zero-order valence-corrected chi connectivity index (χ0v) is 29.1. The molecule has 3 aromatic heterocycles. The van der Waals surface area contributed by atoms with Gasteiger partial charge in [-0.2, -0.15) is 17.2 Å². The standard InChI is InChI=1S/C40H36N4O.Pt/c1-26(40(4,5)6)30-18-21-36-35(23-30)34-20-19-33(25-37(34)43(36)38-17-10-11-22-41-38)45-32-16-12-15-31(24-32)44-28(3)39(27(2)42-44)29-13-8-7-9-14-29;/h7-23,26H,1-6H3;/q-2;+2/i10D;. The molecule has 0 aliphatic rings. The van der Waals surface area contributed by atoms with Gasteiger partial charge >= 0.3 is 21.1 Å². The summed E-state index contributed by atoms with van der Waals surface area (Å²) in [6, 6.07) is 37.7. The summed E-state index contributed by atoms with van der Waals surface area (Å²) < 4.78 is 18.7. The molecule has 0 aliphatic heterocycles. The van der Waals surface area contributed by atoms with Crippen molar-refractivity contribution in [1.29, 1.82) is 0 Å². The van der Waals surface area contributed by atoms with Crippen molar-refractivity contribution in [1.82, 2.24) is 19.3 Å². The number of pyridine rings is 1. The summed E-state index contributed by atoms with van der Waals surface area (Å²) in [6.45, 7) is 13.2. The summed E-state index contributed by atoms with van der Waals surface area (Å²) in [5.41, 5.74) is 8.32. The van der Waals surface area contributed by atoms with Crippen molar-refractivity contribution in [2.75, 3.05) is 0 Å². The van der Waals surface area contributed by atoms with Gasteiger partial charge in [0, 0.05) is 34.5 Å². The van der Waals surface area contributed by atoms with Crippen LogP contribution >= 0.6 is 0 Å². The fraction of sp³-hybridized carbons (Fsp3) is 0.200. The Bertz CT molecular complexity index is 2230. The van der Waals surface area contributed by atoms with Gasteiger partial charge in [-0.3, -0.25) is 4.68 Å². The summed E-state index contributed by atoms with van der Waals surface area (Å²) in [7, 11) is 0. The van der Waals surface area contributed by atoms with Crippen LogP contribution in [0.4, 0.5) is 0 Å². The first kappa shape index (κ1) is 30.2. The number of aromatic nitrogens is 4. The van der Waals surface area contributed by atoms with Gasteiger partial charge in [0.05, 0.1) is 7.06 Å². The van der Waals surface area contributed by atoms with Crippen LogP contribution in [0, 0.1) is 31.4 Å². The van der Waals surface area contributed by atoms with Gasteiger partial charge in [-0.05, 0) is 65.6 Å². The normalized spacial score (nSPS) is 12.6. The number of nitrogens with zero attached hydrogens (tertiary/aromatic N) is 4. The Kier molecular flexibility index (Phi) is 8.12. The van der Waals surface area contributed by atoms with Crippen LogP contribution in [-0.2, 0) is 21.1 Å². The molecule has 1 atom stereocenters. The average molecular weight is 785 g/mol. The van der Waals surface area contributed by atoms with Gasteiger partial charge < -0.3 is 9.30 Å². The maximum atomic E-state index is 8.27. The molecular weight excluding hydrogens is 748 g/mol. The quantitative estimate of drug-likeness (QED) is 0.158. The van der Waals surface area contributed by atoms with Crippen LogP contribution in [0.25, 0.3) is 44.4 Å². The van der Waals surface area contributed by atoms with Crippen LogP contribution in [0.5, 0.6) is 11.5 Å². The molecule has 0 fully saturated rings. The van der Waals surface area contributed by atoms with Crippen LogP contribution in [0.2, 0.25) is 0 Å². The maximum Gasteiger partial charge on any atom is 2.00 e. The molecule has 7 aromatic rings. The molecule has 0 saturated heterocycles. The van der Waals surface area contributed by atoms with E-state index in [1.165, 1.54) is 5.56 Å². The van der Waals surface area contributed by atoms with E-state index in [0.717, 1.165) is 50.0 Å². The van der Waals surface area contributed by atoms with E-state index in [0.29, 0.717) is 29.3 Å². The first-order valence-corrected chi connectivity index (χ1v) is 15.3. The molecule has 0 spiro atoms. The minimum Gasteiger partial charge on any atom is -0.509 e. The van der Waals surface area contributed by atoms with Gasteiger partial charge in [0.25, 0.3) is 0 Å². The number of ether oxygens (including phenoxy) is 1.